The lowest BCUT2D eigenvalue weighted by Gasteiger charge is -2.13. The Morgan fingerprint density at radius 1 is 0.968 bits per heavy atom. The Kier molecular flexibility index (Phi) is 5.10. The van der Waals surface area contributed by atoms with E-state index >= 15 is 0 Å². The summed E-state index contributed by atoms with van der Waals surface area (Å²) in [6, 6.07) is 11.7. The smallest absolute Gasteiger partial charge is 0.258 e. The van der Waals surface area contributed by atoms with Gasteiger partial charge in [-0.05, 0) is 61.4 Å². The van der Waals surface area contributed by atoms with Gasteiger partial charge in [0.05, 0.1) is 5.52 Å². The topological polar surface area (TPSA) is 64.0 Å². The third-order valence-corrected chi connectivity index (χ3v) is 5.21. The number of anilines is 1. The van der Waals surface area contributed by atoms with Gasteiger partial charge in [-0.3, -0.25) is 14.6 Å². The van der Waals surface area contributed by atoms with Gasteiger partial charge < -0.3 is 9.88 Å². The van der Waals surface area contributed by atoms with Gasteiger partial charge in [0.25, 0.3) is 11.5 Å². The number of carbonyl (C=O) groups is 1. The number of carbonyl (C=O) groups excluding carboxylic acids is 1. The van der Waals surface area contributed by atoms with Gasteiger partial charge in [-0.2, -0.15) is 0 Å². The number of aryl methyl sites for hydroxylation is 3. The summed E-state index contributed by atoms with van der Waals surface area (Å²) >= 11 is 0. The van der Waals surface area contributed by atoms with E-state index in [-0.39, 0.29) is 16.8 Å². The molecule has 4 rings (SSSR count). The molecule has 2 heterocycles. The maximum atomic E-state index is 13.4. The monoisotopic (exact) mass is 419 g/mol. The van der Waals surface area contributed by atoms with Gasteiger partial charge >= 0.3 is 0 Å². The molecular weight excluding hydrogens is 400 g/mol. The molecule has 0 radical (unpaired) electrons. The molecule has 2 aromatic carbocycles. The van der Waals surface area contributed by atoms with Crippen molar-refractivity contribution in [3.05, 3.63) is 93.5 Å². The highest BCUT2D eigenvalue weighted by Gasteiger charge is 2.15. The van der Waals surface area contributed by atoms with E-state index in [4.69, 9.17) is 0 Å². The molecule has 7 heteroatoms. The molecule has 1 N–H and O–H groups in total. The second kappa shape index (κ2) is 7.75. The normalized spacial score (nSPS) is 11.0. The van der Waals surface area contributed by atoms with Crippen LogP contribution in [0.1, 0.15) is 21.6 Å². The maximum absolute atomic E-state index is 13.4. The number of fused-ring (bicyclic) bond motifs is 1. The van der Waals surface area contributed by atoms with Gasteiger partial charge in [-0.1, -0.05) is 6.07 Å². The van der Waals surface area contributed by atoms with Crippen molar-refractivity contribution >= 4 is 22.5 Å². The second-order valence-electron chi connectivity index (χ2n) is 7.42. The first kappa shape index (κ1) is 20.4. The van der Waals surface area contributed by atoms with E-state index in [0.29, 0.717) is 11.1 Å². The van der Waals surface area contributed by atoms with Crippen LogP contribution in [0.2, 0.25) is 0 Å². The maximum Gasteiger partial charge on any atom is 0.258 e. The van der Waals surface area contributed by atoms with Crippen molar-refractivity contribution in [1.82, 2.24) is 9.55 Å². The highest BCUT2D eigenvalue weighted by atomic mass is 19.2. The molecule has 2 aromatic heterocycles. The summed E-state index contributed by atoms with van der Waals surface area (Å²) in [5, 5.41) is 3.35. The van der Waals surface area contributed by atoms with E-state index in [1.807, 2.05) is 19.9 Å². The van der Waals surface area contributed by atoms with Gasteiger partial charge in [-0.25, -0.2) is 8.78 Å². The van der Waals surface area contributed by atoms with E-state index in [9.17, 15) is 18.4 Å². The molecule has 0 aliphatic heterocycles. The number of rotatable bonds is 3. The fourth-order valence-electron chi connectivity index (χ4n) is 3.49. The van der Waals surface area contributed by atoms with Crippen LogP contribution in [0.5, 0.6) is 0 Å². The van der Waals surface area contributed by atoms with E-state index in [0.717, 1.165) is 34.3 Å². The van der Waals surface area contributed by atoms with Crippen molar-refractivity contribution in [3.63, 3.8) is 0 Å². The molecule has 156 valence electrons. The van der Waals surface area contributed by atoms with Crippen LogP contribution >= 0.6 is 0 Å². The van der Waals surface area contributed by atoms with Crippen LogP contribution in [0.3, 0.4) is 0 Å². The van der Waals surface area contributed by atoms with Crippen molar-refractivity contribution in [2.24, 2.45) is 7.05 Å². The lowest BCUT2D eigenvalue weighted by atomic mass is 9.97. The van der Waals surface area contributed by atoms with E-state index in [1.54, 1.807) is 42.1 Å². The minimum Gasteiger partial charge on any atom is -0.322 e. The van der Waals surface area contributed by atoms with Crippen LogP contribution in [-0.2, 0) is 7.05 Å². The molecule has 0 unspecified atom stereocenters. The Labute approximate surface area is 177 Å². The van der Waals surface area contributed by atoms with Gasteiger partial charge in [-0.15, -0.1) is 0 Å². The van der Waals surface area contributed by atoms with Crippen LogP contribution in [0, 0.1) is 25.5 Å². The van der Waals surface area contributed by atoms with Crippen molar-refractivity contribution in [2.75, 3.05) is 5.32 Å². The summed E-state index contributed by atoms with van der Waals surface area (Å²) in [5.41, 5.74) is 3.68. The summed E-state index contributed by atoms with van der Waals surface area (Å²) < 4.78 is 28.1. The van der Waals surface area contributed by atoms with Crippen LogP contribution in [-0.4, -0.2) is 15.5 Å². The first-order valence-electron chi connectivity index (χ1n) is 9.58. The molecule has 0 aliphatic carbocycles. The standard InChI is InChI=1S/C24H19F2N3O2/c1-13-4-5-15(23(30)28-17-6-7-20(25)21(26)11-17)9-18(13)19-10-16-12-27-14(2)8-22(16)29(3)24(19)31/h4-12H,1-3H3,(H,28,30). The molecule has 1 amide bonds. The molecule has 0 bridgehead atoms. The number of hydrogen-bond acceptors (Lipinski definition) is 3. The summed E-state index contributed by atoms with van der Waals surface area (Å²) in [4.78, 5) is 30.0. The number of halogens is 2. The van der Waals surface area contributed by atoms with Crippen LogP contribution in [0.25, 0.3) is 22.0 Å². The van der Waals surface area contributed by atoms with Crippen LogP contribution < -0.4 is 10.9 Å². The van der Waals surface area contributed by atoms with E-state index < -0.39 is 17.5 Å². The zero-order valence-corrected chi connectivity index (χ0v) is 17.2. The Balaban J connectivity index is 1.77. The lowest BCUT2D eigenvalue weighted by molar-refractivity contribution is 0.102. The molecule has 0 atom stereocenters. The molecular formula is C24H19F2N3O2. The fourth-order valence-corrected chi connectivity index (χ4v) is 3.49. The van der Waals surface area contributed by atoms with Gasteiger partial charge in [0, 0.05) is 47.2 Å². The molecule has 0 saturated heterocycles. The number of hydrogen-bond donors (Lipinski definition) is 1. The number of aromatic nitrogens is 2. The van der Waals surface area contributed by atoms with Crippen LogP contribution in [0.15, 0.2) is 59.5 Å². The quantitative estimate of drug-likeness (QED) is 0.521. The summed E-state index contributed by atoms with van der Waals surface area (Å²) in [7, 11) is 1.70. The zero-order chi connectivity index (χ0) is 22.3. The van der Waals surface area contributed by atoms with Gasteiger partial charge in [0.15, 0.2) is 11.6 Å². The number of amides is 1. The number of nitrogens with zero attached hydrogens (tertiary/aromatic N) is 2. The number of pyridine rings is 2. The number of nitrogens with one attached hydrogen (secondary N) is 1. The SMILES string of the molecule is Cc1cc2c(cn1)cc(-c1cc(C(=O)Nc3ccc(F)c(F)c3)ccc1C)c(=O)n2C. The Morgan fingerprint density at radius 3 is 2.48 bits per heavy atom. The highest BCUT2D eigenvalue weighted by Crippen LogP contribution is 2.26. The van der Waals surface area contributed by atoms with Gasteiger partial charge in [0.2, 0.25) is 0 Å². The molecule has 31 heavy (non-hydrogen) atoms. The third kappa shape index (κ3) is 3.82. The molecule has 0 fully saturated rings. The van der Waals surface area contributed by atoms with Crippen molar-refractivity contribution in [1.29, 1.82) is 0 Å². The molecule has 5 nitrogen and oxygen atoms in total. The van der Waals surface area contributed by atoms with Crippen LogP contribution in [0.4, 0.5) is 14.5 Å². The Hall–Kier alpha value is -3.87. The molecule has 0 aliphatic rings. The van der Waals surface area contributed by atoms with E-state index in [2.05, 4.69) is 10.3 Å². The van der Waals surface area contributed by atoms with Crippen molar-refractivity contribution < 1.29 is 13.6 Å². The van der Waals surface area contributed by atoms with E-state index in [1.165, 1.54) is 6.07 Å². The lowest BCUT2D eigenvalue weighted by Crippen LogP contribution is -2.20. The molecule has 4 aromatic rings. The second-order valence-corrected chi connectivity index (χ2v) is 7.42. The summed E-state index contributed by atoms with van der Waals surface area (Å²) in [5.74, 6) is -2.54. The minimum absolute atomic E-state index is 0.133. The fraction of sp³-hybridized carbons (Fsp3) is 0.125. The Morgan fingerprint density at radius 2 is 1.74 bits per heavy atom. The van der Waals surface area contributed by atoms with Crippen molar-refractivity contribution in [2.45, 2.75) is 13.8 Å². The number of benzene rings is 2. The largest absolute Gasteiger partial charge is 0.322 e. The predicted octanol–water partition coefficient (Wildman–Crippen LogP) is 4.75. The predicted molar refractivity (Wildman–Crippen MR) is 116 cm³/mol. The first-order chi connectivity index (χ1) is 14.7. The summed E-state index contributed by atoms with van der Waals surface area (Å²) in [6.07, 6.45) is 1.71. The zero-order valence-electron chi connectivity index (χ0n) is 17.2. The van der Waals surface area contributed by atoms with Crippen molar-refractivity contribution in [3.8, 4) is 11.1 Å². The molecule has 0 saturated carbocycles. The highest BCUT2D eigenvalue weighted by molar-refractivity contribution is 6.05. The minimum atomic E-state index is -1.05. The average Bonchev–Trinajstić information content (AvgIpc) is 2.74. The third-order valence-electron chi connectivity index (χ3n) is 5.21. The first-order valence-corrected chi connectivity index (χ1v) is 9.58. The van der Waals surface area contributed by atoms with Gasteiger partial charge in [0.1, 0.15) is 0 Å². The molecule has 0 spiro atoms. The average molecular weight is 419 g/mol. The summed E-state index contributed by atoms with van der Waals surface area (Å²) in [6.45, 7) is 3.71. The Bertz CT molecular complexity index is 1410.